The van der Waals surface area contributed by atoms with E-state index in [0.29, 0.717) is 12.5 Å². The molecule has 1 atom stereocenters. The van der Waals surface area contributed by atoms with Crippen molar-refractivity contribution in [2.45, 2.75) is 26.2 Å². The standard InChI is InChI=1S/C19H26N2/c1-14-5-6-15(2)19(11-14)17(13-20)12-16-7-9-18(10-8-16)21(3)4/h5-11,17H,12-13,20H2,1-4H3. The highest BCUT2D eigenvalue weighted by Crippen LogP contribution is 2.25. The third-order valence-corrected chi connectivity index (χ3v) is 4.09. The lowest BCUT2D eigenvalue weighted by Gasteiger charge is -2.19. The Hall–Kier alpha value is -1.80. The van der Waals surface area contributed by atoms with Gasteiger partial charge in [-0.25, -0.2) is 0 Å². The van der Waals surface area contributed by atoms with Gasteiger partial charge in [-0.15, -0.1) is 0 Å². The van der Waals surface area contributed by atoms with Crippen molar-refractivity contribution < 1.29 is 0 Å². The Kier molecular flexibility index (Phi) is 5.03. The Labute approximate surface area is 128 Å². The molecule has 0 saturated heterocycles. The van der Waals surface area contributed by atoms with Crippen molar-refractivity contribution in [3.8, 4) is 0 Å². The Morgan fingerprint density at radius 3 is 2.24 bits per heavy atom. The smallest absolute Gasteiger partial charge is 0.0361 e. The normalized spacial score (nSPS) is 12.2. The highest BCUT2D eigenvalue weighted by molar-refractivity contribution is 5.46. The Bertz CT molecular complexity index is 585. The average molecular weight is 282 g/mol. The molecule has 0 amide bonds. The molecule has 0 saturated carbocycles. The number of nitrogens with two attached hydrogens (primary N) is 1. The number of hydrogen-bond donors (Lipinski definition) is 1. The number of aryl methyl sites for hydroxylation is 2. The van der Waals surface area contributed by atoms with E-state index in [2.05, 4.69) is 75.3 Å². The van der Waals surface area contributed by atoms with Gasteiger partial charge in [-0.2, -0.15) is 0 Å². The van der Waals surface area contributed by atoms with Crippen LogP contribution in [0.4, 0.5) is 5.69 Å². The van der Waals surface area contributed by atoms with Gasteiger partial charge in [0.05, 0.1) is 0 Å². The van der Waals surface area contributed by atoms with Crippen molar-refractivity contribution in [3.63, 3.8) is 0 Å². The lowest BCUT2D eigenvalue weighted by molar-refractivity contribution is 0.689. The van der Waals surface area contributed by atoms with Crippen LogP contribution in [0.15, 0.2) is 42.5 Å². The fourth-order valence-electron chi connectivity index (χ4n) is 2.73. The van der Waals surface area contributed by atoms with E-state index in [-0.39, 0.29) is 0 Å². The Balaban J connectivity index is 2.20. The molecule has 0 bridgehead atoms. The molecule has 0 fully saturated rings. The van der Waals surface area contributed by atoms with Gasteiger partial charge in [0.15, 0.2) is 0 Å². The summed E-state index contributed by atoms with van der Waals surface area (Å²) in [5.41, 5.74) is 12.6. The second-order valence-corrected chi connectivity index (χ2v) is 6.06. The number of anilines is 1. The molecule has 2 nitrogen and oxygen atoms in total. The number of hydrogen-bond acceptors (Lipinski definition) is 2. The second kappa shape index (κ2) is 6.77. The summed E-state index contributed by atoms with van der Waals surface area (Å²) in [6.07, 6.45) is 0.995. The first-order chi connectivity index (χ1) is 10.0. The maximum Gasteiger partial charge on any atom is 0.0361 e. The lowest BCUT2D eigenvalue weighted by atomic mass is 9.88. The van der Waals surface area contributed by atoms with Crippen LogP contribution in [0.25, 0.3) is 0 Å². The second-order valence-electron chi connectivity index (χ2n) is 6.06. The van der Waals surface area contributed by atoms with Crippen LogP contribution in [0.5, 0.6) is 0 Å². The molecule has 2 aromatic carbocycles. The molecule has 2 rings (SSSR count). The largest absolute Gasteiger partial charge is 0.378 e. The van der Waals surface area contributed by atoms with Gasteiger partial charge in [0.2, 0.25) is 0 Å². The van der Waals surface area contributed by atoms with Crippen molar-refractivity contribution in [2.24, 2.45) is 5.73 Å². The zero-order chi connectivity index (χ0) is 15.4. The predicted octanol–water partition coefficient (Wildman–Crippen LogP) is 3.65. The molecule has 2 heteroatoms. The van der Waals surface area contributed by atoms with E-state index in [9.17, 15) is 0 Å². The maximum atomic E-state index is 6.04. The summed E-state index contributed by atoms with van der Waals surface area (Å²) in [6.45, 7) is 4.99. The zero-order valence-electron chi connectivity index (χ0n) is 13.6. The van der Waals surface area contributed by atoms with Gasteiger partial charge in [0, 0.05) is 25.7 Å². The van der Waals surface area contributed by atoms with E-state index < -0.39 is 0 Å². The summed E-state index contributed by atoms with van der Waals surface area (Å²) in [6, 6.07) is 15.4. The van der Waals surface area contributed by atoms with Crippen LogP contribution in [0.2, 0.25) is 0 Å². The molecular formula is C19H26N2. The topological polar surface area (TPSA) is 29.3 Å². The summed E-state index contributed by atoms with van der Waals surface area (Å²) < 4.78 is 0. The zero-order valence-corrected chi connectivity index (χ0v) is 13.6. The van der Waals surface area contributed by atoms with E-state index in [0.717, 1.165) is 6.42 Å². The van der Waals surface area contributed by atoms with Crippen molar-refractivity contribution in [1.29, 1.82) is 0 Å². The molecule has 2 aromatic rings. The van der Waals surface area contributed by atoms with Gasteiger partial charge in [0.25, 0.3) is 0 Å². The maximum absolute atomic E-state index is 6.04. The molecule has 0 aliphatic carbocycles. The predicted molar refractivity (Wildman–Crippen MR) is 92.2 cm³/mol. The van der Waals surface area contributed by atoms with Crippen molar-refractivity contribution in [2.75, 3.05) is 25.5 Å². The van der Waals surface area contributed by atoms with E-state index >= 15 is 0 Å². The van der Waals surface area contributed by atoms with Crippen LogP contribution in [-0.4, -0.2) is 20.6 Å². The summed E-state index contributed by atoms with van der Waals surface area (Å²) in [5.74, 6) is 0.384. The minimum Gasteiger partial charge on any atom is -0.378 e. The van der Waals surface area contributed by atoms with Crippen molar-refractivity contribution in [3.05, 3.63) is 64.7 Å². The van der Waals surface area contributed by atoms with Gasteiger partial charge in [-0.05, 0) is 55.6 Å². The molecule has 0 aromatic heterocycles. The van der Waals surface area contributed by atoms with Crippen LogP contribution in [0.1, 0.15) is 28.2 Å². The minimum atomic E-state index is 0.384. The molecular weight excluding hydrogens is 256 g/mol. The first kappa shape index (κ1) is 15.6. The molecule has 0 aliphatic rings. The highest BCUT2D eigenvalue weighted by Gasteiger charge is 2.13. The van der Waals surface area contributed by atoms with Crippen LogP contribution in [-0.2, 0) is 6.42 Å². The Morgan fingerprint density at radius 2 is 1.67 bits per heavy atom. The van der Waals surface area contributed by atoms with Crippen molar-refractivity contribution in [1.82, 2.24) is 0 Å². The number of nitrogens with zero attached hydrogens (tertiary/aromatic N) is 1. The van der Waals surface area contributed by atoms with Gasteiger partial charge < -0.3 is 10.6 Å². The van der Waals surface area contributed by atoms with E-state index in [4.69, 9.17) is 5.73 Å². The molecule has 0 radical (unpaired) electrons. The third-order valence-electron chi connectivity index (χ3n) is 4.09. The monoisotopic (exact) mass is 282 g/mol. The van der Waals surface area contributed by atoms with E-state index in [1.165, 1.54) is 27.9 Å². The van der Waals surface area contributed by atoms with Crippen LogP contribution >= 0.6 is 0 Å². The van der Waals surface area contributed by atoms with Gasteiger partial charge in [0.1, 0.15) is 0 Å². The molecule has 0 heterocycles. The first-order valence-electron chi connectivity index (χ1n) is 7.54. The molecule has 112 valence electrons. The van der Waals surface area contributed by atoms with Crippen molar-refractivity contribution >= 4 is 5.69 Å². The molecule has 0 aliphatic heterocycles. The van der Waals surface area contributed by atoms with Gasteiger partial charge in [-0.3, -0.25) is 0 Å². The molecule has 21 heavy (non-hydrogen) atoms. The quantitative estimate of drug-likeness (QED) is 0.907. The fraction of sp³-hybridized carbons (Fsp3) is 0.368. The number of rotatable bonds is 5. The SMILES string of the molecule is Cc1ccc(C)c(C(CN)Cc2ccc(N(C)C)cc2)c1. The first-order valence-corrected chi connectivity index (χ1v) is 7.54. The van der Waals surface area contributed by atoms with Gasteiger partial charge in [-0.1, -0.05) is 35.9 Å². The Morgan fingerprint density at radius 1 is 1.00 bits per heavy atom. The van der Waals surface area contributed by atoms with Crippen LogP contribution < -0.4 is 10.6 Å². The van der Waals surface area contributed by atoms with Crippen LogP contribution in [0, 0.1) is 13.8 Å². The minimum absolute atomic E-state index is 0.384. The van der Waals surface area contributed by atoms with E-state index in [1.54, 1.807) is 0 Å². The highest BCUT2D eigenvalue weighted by atomic mass is 15.1. The summed E-state index contributed by atoms with van der Waals surface area (Å²) in [4.78, 5) is 2.12. The van der Waals surface area contributed by atoms with Crippen LogP contribution in [0.3, 0.4) is 0 Å². The molecule has 0 spiro atoms. The molecule has 1 unspecified atom stereocenters. The van der Waals surface area contributed by atoms with E-state index in [1.807, 2.05) is 0 Å². The summed E-state index contributed by atoms with van der Waals surface area (Å²) in [7, 11) is 4.13. The fourth-order valence-corrected chi connectivity index (χ4v) is 2.73. The lowest BCUT2D eigenvalue weighted by Crippen LogP contribution is -2.16. The average Bonchev–Trinajstić information content (AvgIpc) is 2.48. The van der Waals surface area contributed by atoms with Gasteiger partial charge >= 0.3 is 0 Å². The number of benzene rings is 2. The molecule has 2 N–H and O–H groups in total. The third kappa shape index (κ3) is 3.85. The summed E-state index contributed by atoms with van der Waals surface area (Å²) >= 11 is 0. The summed E-state index contributed by atoms with van der Waals surface area (Å²) in [5, 5.41) is 0.